The highest BCUT2D eigenvalue weighted by Crippen LogP contribution is 2.46. The Labute approximate surface area is 216 Å². The molecule has 0 aliphatic heterocycles. The van der Waals surface area contributed by atoms with Gasteiger partial charge in [-0.25, -0.2) is 9.07 Å². The van der Waals surface area contributed by atoms with Gasteiger partial charge in [0, 0.05) is 19.5 Å². The van der Waals surface area contributed by atoms with E-state index >= 15 is 0 Å². The monoisotopic (exact) mass is 546 g/mol. The lowest BCUT2D eigenvalue weighted by atomic mass is 10.0. The van der Waals surface area contributed by atoms with Crippen LogP contribution in [0.25, 0.3) is 39.7 Å². The Morgan fingerprint density at radius 1 is 1.11 bits per heavy atom. The summed E-state index contributed by atoms with van der Waals surface area (Å²) in [4.78, 5) is 11.4. The van der Waals surface area contributed by atoms with Gasteiger partial charge in [0.25, 0.3) is 5.89 Å². The molecule has 194 valence electrons. The summed E-state index contributed by atoms with van der Waals surface area (Å²) in [6.45, 7) is 2.74. The molecule has 0 aliphatic rings. The van der Waals surface area contributed by atoms with Crippen LogP contribution in [0, 0.1) is 12.7 Å². The first-order valence-corrected chi connectivity index (χ1v) is 11.2. The van der Waals surface area contributed by atoms with Crippen molar-refractivity contribution >= 4 is 23.2 Å². The number of benzene rings is 2. The molecule has 3 heterocycles. The molecule has 0 atom stereocenters. The van der Waals surface area contributed by atoms with E-state index in [1.54, 1.807) is 0 Å². The lowest BCUT2D eigenvalue weighted by molar-refractivity contribution is -0.142. The Bertz CT molecular complexity index is 1650. The maximum absolute atomic E-state index is 14.8. The van der Waals surface area contributed by atoms with Crippen LogP contribution in [0.15, 0.2) is 57.6 Å². The molecule has 5 aromatic rings. The fraction of sp³-hybridized carbons (Fsp3) is 0.125. The van der Waals surface area contributed by atoms with Gasteiger partial charge in [0.2, 0.25) is 11.8 Å². The fourth-order valence-electron chi connectivity index (χ4n) is 3.87. The first kappa shape index (κ1) is 25.1. The van der Waals surface area contributed by atoms with Crippen molar-refractivity contribution in [2.24, 2.45) is 0 Å². The van der Waals surface area contributed by atoms with Crippen molar-refractivity contribution in [1.29, 1.82) is 0 Å². The molecule has 3 aromatic heterocycles. The molecule has 1 amide bonds. The van der Waals surface area contributed by atoms with Gasteiger partial charge in [-0.15, -0.1) is 10.2 Å². The Balaban J connectivity index is 1.77. The number of amides is 1. The Hall–Kier alpha value is -4.52. The zero-order chi connectivity index (χ0) is 27.2. The van der Waals surface area contributed by atoms with Crippen LogP contribution in [-0.4, -0.2) is 31.0 Å². The molecule has 0 radical (unpaired) electrons. The van der Waals surface area contributed by atoms with Crippen LogP contribution in [-0.2, 0) is 11.0 Å². The fourth-order valence-corrected chi connectivity index (χ4v) is 4.12. The van der Waals surface area contributed by atoms with Crippen LogP contribution in [0.2, 0.25) is 5.02 Å². The van der Waals surface area contributed by atoms with Gasteiger partial charge in [-0.2, -0.15) is 18.3 Å². The van der Waals surface area contributed by atoms with Crippen LogP contribution < -0.4 is 5.32 Å². The smallest absolute Gasteiger partial charge is 0.421 e. The van der Waals surface area contributed by atoms with E-state index in [1.807, 2.05) is 0 Å². The van der Waals surface area contributed by atoms with Crippen LogP contribution >= 0.6 is 11.6 Å². The number of nitrogens with one attached hydrogen (secondary N) is 1. The summed E-state index contributed by atoms with van der Waals surface area (Å²) in [7, 11) is 0. The van der Waals surface area contributed by atoms with Crippen molar-refractivity contribution in [3.05, 3.63) is 71.1 Å². The quantitative estimate of drug-likeness (QED) is 0.257. The number of hydrogen-bond donors (Lipinski definition) is 1. The standard InChI is InChI=1S/C24H15ClF4N6O3/c1-11(36)31-13-5-3-6-14(9-13)35-22(24(27,28)29)15(10-30-35)21-19(23-33-32-12(2)37-23)20(34-38-21)18-16(25)7-4-8-17(18)26/h3-10H,1-2H3,(H,31,36). The van der Waals surface area contributed by atoms with E-state index in [0.29, 0.717) is 4.68 Å². The van der Waals surface area contributed by atoms with Crippen molar-refractivity contribution < 1.29 is 31.3 Å². The maximum Gasteiger partial charge on any atom is 0.434 e. The predicted molar refractivity (Wildman–Crippen MR) is 127 cm³/mol. The van der Waals surface area contributed by atoms with Crippen molar-refractivity contribution in [1.82, 2.24) is 25.1 Å². The summed E-state index contributed by atoms with van der Waals surface area (Å²) < 4.78 is 69.8. The Morgan fingerprint density at radius 3 is 2.53 bits per heavy atom. The summed E-state index contributed by atoms with van der Waals surface area (Å²) in [5.41, 5.74) is -2.15. The van der Waals surface area contributed by atoms with E-state index in [-0.39, 0.29) is 45.0 Å². The molecule has 9 nitrogen and oxygen atoms in total. The summed E-state index contributed by atoms with van der Waals surface area (Å²) in [6.07, 6.45) is -4.02. The summed E-state index contributed by atoms with van der Waals surface area (Å²) in [5.74, 6) is -1.81. The highest BCUT2D eigenvalue weighted by atomic mass is 35.5. The van der Waals surface area contributed by atoms with Crippen molar-refractivity contribution in [2.75, 3.05) is 5.32 Å². The Kier molecular flexibility index (Phi) is 6.23. The number of alkyl halides is 3. The molecule has 0 aliphatic carbocycles. The van der Waals surface area contributed by atoms with Crippen molar-refractivity contribution in [3.8, 4) is 39.7 Å². The molecule has 0 saturated carbocycles. The lowest BCUT2D eigenvalue weighted by Crippen LogP contribution is -2.15. The Morgan fingerprint density at radius 2 is 1.87 bits per heavy atom. The number of aromatic nitrogens is 5. The minimum atomic E-state index is -4.94. The van der Waals surface area contributed by atoms with Gasteiger partial charge in [0.15, 0.2) is 11.5 Å². The van der Waals surface area contributed by atoms with E-state index in [9.17, 15) is 22.4 Å². The van der Waals surface area contributed by atoms with Gasteiger partial charge in [-0.05, 0) is 30.3 Å². The summed E-state index contributed by atoms with van der Waals surface area (Å²) >= 11 is 6.21. The minimum absolute atomic E-state index is 0.00176. The van der Waals surface area contributed by atoms with Crippen LogP contribution in [0.3, 0.4) is 0 Å². The minimum Gasteiger partial charge on any atom is -0.421 e. The summed E-state index contributed by atoms with van der Waals surface area (Å²) in [6, 6.07) is 9.53. The molecule has 0 saturated heterocycles. The SMILES string of the molecule is CC(=O)Nc1cccc(-n2ncc(-c3onc(-c4c(F)cccc4Cl)c3-c3nnc(C)o3)c2C(F)(F)F)c1. The first-order valence-electron chi connectivity index (χ1n) is 10.8. The molecule has 38 heavy (non-hydrogen) atoms. The second-order valence-corrected chi connectivity index (χ2v) is 8.41. The predicted octanol–water partition coefficient (Wildman–Crippen LogP) is 6.32. The topological polar surface area (TPSA) is 112 Å². The number of hydrogen-bond acceptors (Lipinski definition) is 7. The van der Waals surface area contributed by atoms with Crippen LogP contribution in [0.5, 0.6) is 0 Å². The number of carbonyl (C=O) groups excluding carboxylic acids is 1. The molecule has 14 heteroatoms. The zero-order valence-electron chi connectivity index (χ0n) is 19.5. The van der Waals surface area contributed by atoms with Crippen molar-refractivity contribution in [3.63, 3.8) is 0 Å². The van der Waals surface area contributed by atoms with Gasteiger partial charge in [0.1, 0.15) is 17.1 Å². The lowest BCUT2D eigenvalue weighted by Gasteiger charge is -2.13. The molecule has 1 N–H and O–H groups in total. The molecule has 0 spiro atoms. The van der Waals surface area contributed by atoms with Crippen LogP contribution in [0.4, 0.5) is 23.2 Å². The normalized spacial score (nSPS) is 11.7. The third-order valence-electron chi connectivity index (χ3n) is 5.32. The van der Waals surface area contributed by atoms with Gasteiger partial charge >= 0.3 is 6.18 Å². The third-order valence-corrected chi connectivity index (χ3v) is 5.64. The molecular formula is C24H15ClF4N6O3. The average Bonchev–Trinajstić information content (AvgIpc) is 3.56. The number of rotatable bonds is 5. The maximum atomic E-state index is 14.8. The van der Waals surface area contributed by atoms with E-state index in [0.717, 1.165) is 12.3 Å². The second kappa shape index (κ2) is 9.41. The van der Waals surface area contributed by atoms with E-state index in [4.69, 9.17) is 20.5 Å². The molecule has 0 unspecified atom stereocenters. The largest absolute Gasteiger partial charge is 0.434 e. The number of halogens is 5. The highest BCUT2D eigenvalue weighted by molar-refractivity contribution is 6.33. The van der Waals surface area contributed by atoms with Gasteiger partial charge in [0.05, 0.1) is 28.0 Å². The molecular weight excluding hydrogens is 532 g/mol. The van der Waals surface area contributed by atoms with E-state index in [2.05, 4.69) is 25.8 Å². The molecule has 2 aromatic carbocycles. The third kappa shape index (κ3) is 4.52. The zero-order valence-corrected chi connectivity index (χ0v) is 20.2. The van der Waals surface area contributed by atoms with Gasteiger partial charge in [-0.1, -0.05) is 28.9 Å². The molecule has 0 bridgehead atoms. The van der Waals surface area contributed by atoms with E-state index < -0.39 is 34.9 Å². The van der Waals surface area contributed by atoms with Gasteiger partial charge in [-0.3, -0.25) is 4.79 Å². The highest BCUT2D eigenvalue weighted by Gasteiger charge is 2.42. The van der Waals surface area contributed by atoms with Crippen molar-refractivity contribution in [2.45, 2.75) is 20.0 Å². The second-order valence-electron chi connectivity index (χ2n) is 8.01. The van der Waals surface area contributed by atoms with E-state index in [1.165, 1.54) is 50.2 Å². The number of anilines is 1. The van der Waals surface area contributed by atoms with Gasteiger partial charge < -0.3 is 14.3 Å². The molecule has 5 rings (SSSR count). The summed E-state index contributed by atoms with van der Waals surface area (Å²) in [5, 5.41) is 17.8. The average molecular weight is 547 g/mol. The first-order chi connectivity index (χ1) is 18.0. The number of carbonyl (C=O) groups is 1. The molecule has 0 fully saturated rings. The number of aryl methyl sites for hydroxylation is 1. The van der Waals surface area contributed by atoms with Crippen LogP contribution in [0.1, 0.15) is 18.5 Å². The number of nitrogens with zero attached hydrogens (tertiary/aromatic N) is 5.